The summed E-state index contributed by atoms with van der Waals surface area (Å²) < 4.78 is 6.26. The maximum absolute atomic E-state index is 12.6. The molecule has 112 valence electrons. The minimum Gasteiger partial charge on any atom is -0.445 e. The molecule has 1 N–H and O–H groups in total. The van der Waals surface area contributed by atoms with Gasteiger partial charge < -0.3 is 10.1 Å². The molecule has 1 aliphatic heterocycles. The van der Waals surface area contributed by atoms with Crippen LogP contribution in [0.3, 0.4) is 0 Å². The van der Waals surface area contributed by atoms with Crippen LogP contribution >= 0.6 is 15.9 Å². The smallest absolute Gasteiger partial charge is 0.339 e. The van der Waals surface area contributed by atoms with Crippen molar-refractivity contribution in [2.75, 3.05) is 5.32 Å². The molecule has 0 saturated heterocycles. The predicted octanol–water partition coefficient (Wildman–Crippen LogP) is 3.56. The van der Waals surface area contributed by atoms with Gasteiger partial charge in [-0.3, -0.25) is 4.79 Å². The van der Waals surface area contributed by atoms with Crippen LogP contribution in [-0.2, 0) is 16.0 Å². The van der Waals surface area contributed by atoms with E-state index >= 15 is 0 Å². The maximum atomic E-state index is 12.6. The van der Waals surface area contributed by atoms with Gasteiger partial charge in [0, 0.05) is 16.6 Å². The van der Waals surface area contributed by atoms with Crippen molar-refractivity contribution in [3.8, 4) is 0 Å². The Morgan fingerprint density at radius 1 is 1.23 bits per heavy atom. The van der Waals surface area contributed by atoms with Crippen LogP contribution in [0.1, 0.15) is 22.8 Å². The molecule has 1 atom stereocenters. The van der Waals surface area contributed by atoms with Crippen LogP contribution in [0.15, 0.2) is 53.0 Å². The van der Waals surface area contributed by atoms with Crippen LogP contribution in [0.5, 0.6) is 0 Å². The van der Waals surface area contributed by atoms with E-state index in [1.165, 1.54) is 0 Å². The summed E-state index contributed by atoms with van der Waals surface area (Å²) >= 11 is 3.36. The van der Waals surface area contributed by atoms with Gasteiger partial charge in [0.05, 0.1) is 5.56 Å². The topological polar surface area (TPSA) is 55.4 Å². The third kappa shape index (κ3) is 2.76. The van der Waals surface area contributed by atoms with E-state index in [-0.39, 0.29) is 5.91 Å². The first-order valence-corrected chi connectivity index (χ1v) is 7.65. The van der Waals surface area contributed by atoms with Gasteiger partial charge in [-0.05, 0) is 36.8 Å². The number of amides is 1. The predicted molar refractivity (Wildman–Crippen MR) is 86.7 cm³/mol. The zero-order chi connectivity index (χ0) is 15.7. The first-order chi connectivity index (χ1) is 10.5. The number of fused-ring (bicyclic) bond motifs is 1. The molecule has 0 unspecified atom stereocenters. The second kappa shape index (κ2) is 5.57. The van der Waals surface area contributed by atoms with Gasteiger partial charge in [-0.2, -0.15) is 0 Å². The average Bonchev–Trinajstić information content (AvgIpc) is 2.47. The molecule has 0 radical (unpaired) electrons. The summed E-state index contributed by atoms with van der Waals surface area (Å²) in [7, 11) is 0. The number of nitrogens with one attached hydrogen (secondary N) is 1. The molecule has 0 saturated carbocycles. The van der Waals surface area contributed by atoms with Gasteiger partial charge in [-0.15, -0.1) is 0 Å². The molecule has 3 rings (SSSR count). The van der Waals surface area contributed by atoms with E-state index in [0.717, 1.165) is 10.0 Å². The lowest BCUT2D eigenvalue weighted by Crippen LogP contribution is -2.48. The van der Waals surface area contributed by atoms with Crippen molar-refractivity contribution in [3.05, 3.63) is 64.1 Å². The molecule has 2 aromatic carbocycles. The number of rotatable bonds is 2. The van der Waals surface area contributed by atoms with E-state index in [9.17, 15) is 9.59 Å². The van der Waals surface area contributed by atoms with Crippen LogP contribution in [0.25, 0.3) is 0 Å². The number of cyclic esters (lactones) is 1. The van der Waals surface area contributed by atoms with Crippen molar-refractivity contribution in [1.29, 1.82) is 0 Å². The summed E-state index contributed by atoms with van der Waals surface area (Å²) in [6.45, 7) is 1.63. The van der Waals surface area contributed by atoms with Crippen molar-refractivity contribution in [3.63, 3.8) is 0 Å². The zero-order valence-corrected chi connectivity index (χ0v) is 13.5. The quantitative estimate of drug-likeness (QED) is 0.834. The fourth-order valence-electron chi connectivity index (χ4n) is 2.49. The van der Waals surface area contributed by atoms with Gasteiger partial charge in [-0.1, -0.05) is 40.2 Å². The lowest BCUT2D eigenvalue weighted by molar-refractivity contribution is -0.134. The van der Waals surface area contributed by atoms with Gasteiger partial charge in [0.25, 0.3) is 5.91 Å². The van der Waals surface area contributed by atoms with Gasteiger partial charge in [0.15, 0.2) is 5.60 Å². The summed E-state index contributed by atoms with van der Waals surface area (Å²) in [5.41, 5.74) is 0.782. The first-order valence-electron chi connectivity index (χ1n) is 6.86. The van der Waals surface area contributed by atoms with Crippen LogP contribution in [0.4, 0.5) is 5.69 Å². The van der Waals surface area contributed by atoms with Crippen LogP contribution in [0, 0.1) is 0 Å². The van der Waals surface area contributed by atoms with E-state index in [4.69, 9.17) is 4.74 Å². The Labute approximate surface area is 136 Å². The standard InChI is InChI=1S/C17H14BrNO3/c1-17(16(21)19-13-7-4-6-12(18)9-13)10-11-5-2-3-8-14(11)15(20)22-17/h2-9H,10H2,1H3,(H,19,21)/t17-/m0/s1. The fourth-order valence-corrected chi connectivity index (χ4v) is 2.89. The number of carbonyl (C=O) groups excluding carboxylic acids is 2. The zero-order valence-electron chi connectivity index (χ0n) is 11.9. The number of hydrogen-bond donors (Lipinski definition) is 1. The number of carbonyl (C=O) groups is 2. The number of halogens is 1. The van der Waals surface area contributed by atoms with Gasteiger partial charge in [-0.25, -0.2) is 4.79 Å². The maximum Gasteiger partial charge on any atom is 0.339 e. The van der Waals surface area contributed by atoms with Crippen molar-refractivity contribution < 1.29 is 14.3 Å². The Morgan fingerprint density at radius 3 is 2.77 bits per heavy atom. The molecule has 1 heterocycles. The Morgan fingerprint density at radius 2 is 2.00 bits per heavy atom. The fraction of sp³-hybridized carbons (Fsp3) is 0.176. The van der Waals surface area contributed by atoms with Crippen molar-refractivity contribution >= 4 is 33.5 Å². The van der Waals surface area contributed by atoms with E-state index < -0.39 is 11.6 Å². The highest BCUT2D eigenvalue weighted by Crippen LogP contribution is 2.29. The molecule has 0 fully saturated rings. The van der Waals surface area contributed by atoms with Crippen LogP contribution in [-0.4, -0.2) is 17.5 Å². The molecule has 2 aromatic rings. The highest BCUT2D eigenvalue weighted by atomic mass is 79.9. The average molecular weight is 360 g/mol. The van der Waals surface area contributed by atoms with E-state index in [1.807, 2.05) is 24.3 Å². The van der Waals surface area contributed by atoms with E-state index in [0.29, 0.717) is 17.7 Å². The molecule has 1 amide bonds. The van der Waals surface area contributed by atoms with Crippen LogP contribution < -0.4 is 5.32 Å². The Hall–Kier alpha value is -2.14. The molecular weight excluding hydrogens is 346 g/mol. The molecule has 0 bridgehead atoms. The van der Waals surface area contributed by atoms with Crippen molar-refractivity contribution in [2.24, 2.45) is 0 Å². The Bertz CT molecular complexity index is 759. The number of hydrogen-bond acceptors (Lipinski definition) is 3. The monoisotopic (exact) mass is 359 g/mol. The SMILES string of the molecule is C[C@@]1(C(=O)Nc2cccc(Br)c2)Cc2ccccc2C(=O)O1. The second-order valence-electron chi connectivity index (χ2n) is 5.42. The lowest BCUT2D eigenvalue weighted by atomic mass is 9.89. The Balaban J connectivity index is 1.85. The van der Waals surface area contributed by atoms with Gasteiger partial charge in [0.2, 0.25) is 0 Å². The van der Waals surface area contributed by atoms with Crippen molar-refractivity contribution in [2.45, 2.75) is 18.9 Å². The molecule has 5 heteroatoms. The summed E-state index contributed by atoms with van der Waals surface area (Å²) in [4.78, 5) is 24.7. The minimum absolute atomic E-state index is 0.339. The molecule has 4 nitrogen and oxygen atoms in total. The Kier molecular flexibility index (Phi) is 3.74. The van der Waals surface area contributed by atoms with Gasteiger partial charge in [0.1, 0.15) is 0 Å². The minimum atomic E-state index is -1.21. The van der Waals surface area contributed by atoms with Gasteiger partial charge >= 0.3 is 5.97 Å². The van der Waals surface area contributed by atoms with E-state index in [1.54, 1.807) is 31.2 Å². The molecule has 1 aliphatic rings. The molecular formula is C17H14BrNO3. The summed E-state index contributed by atoms with van der Waals surface area (Å²) in [6.07, 6.45) is 0.356. The highest BCUT2D eigenvalue weighted by molar-refractivity contribution is 9.10. The summed E-state index contributed by atoms with van der Waals surface area (Å²) in [6, 6.07) is 14.5. The molecule has 0 aromatic heterocycles. The number of benzene rings is 2. The van der Waals surface area contributed by atoms with Crippen LogP contribution in [0.2, 0.25) is 0 Å². The molecule has 22 heavy (non-hydrogen) atoms. The number of anilines is 1. The lowest BCUT2D eigenvalue weighted by Gasteiger charge is -2.33. The largest absolute Gasteiger partial charge is 0.445 e. The normalized spacial score (nSPS) is 20.0. The number of esters is 1. The molecule has 0 aliphatic carbocycles. The highest BCUT2D eigenvalue weighted by Gasteiger charge is 2.42. The number of ether oxygens (including phenoxy) is 1. The molecule has 0 spiro atoms. The van der Waals surface area contributed by atoms with Crippen molar-refractivity contribution in [1.82, 2.24) is 0 Å². The van der Waals surface area contributed by atoms with E-state index in [2.05, 4.69) is 21.2 Å². The first kappa shape index (κ1) is 14.8. The summed E-state index contributed by atoms with van der Waals surface area (Å²) in [5.74, 6) is -0.804. The second-order valence-corrected chi connectivity index (χ2v) is 6.33. The third-order valence-electron chi connectivity index (χ3n) is 3.65. The third-order valence-corrected chi connectivity index (χ3v) is 4.14. The summed E-state index contributed by atoms with van der Waals surface area (Å²) in [5, 5.41) is 2.80.